The molecule has 4 heteroatoms. The van der Waals surface area contributed by atoms with Gasteiger partial charge < -0.3 is 5.32 Å². The van der Waals surface area contributed by atoms with Gasteiger partial charge in [0, 0.05) is 23.7 Å². The van der Waals surface area contributed by atoms with Crippen molar-refractivity contribution >= 4 is 16.6 Å². The van der Waals surface area contributed by atoms with Crippen LogP contribution in [-0.4, -0.2) is 16.5 Å². The van der Waals surface area contributed by atoms with Crippen LogP contribution in [0.2, 0.25) is 0 Å². The zero-order valence-electron chi connectivity index (χ0n) is 11.8. The summed E-state index contributed by atoms with van der Waals surface area (Å²) in [6.45, 7) is 2.96. The summed E-state index contributed by atoms with van der Waals surface area (Å²) in [6.07, 6.45) is 2.75. The number of aromatic nitrogens is 2. The Bertz CT molecular complexity index is 771. The fourth-order valence-electron chi connectivity index (χ4n) is 2.30. The van der Waals surface area contributed by atoms with Gasteiger partial charge >= 0.3 is 0 Å². The highest BCUT2D eigenvalue weighted by Crippen LogP contribution is 2.28. The van der Waals surface area contributed by atoms with Crippen LogP contribution in [0.25, 0.3) is 22.2 Å². The molecule has 0 aliphatic rings. The molecule has 0 aliphatic heterocycles. The number of hydrogen-bond donors (Lipinski definition) is 1. The topological polar surface area (TPSA) is 37.8 Å². The first-order chi connectivity index (χ1) is 10.3. The fourth-order valence-corrected chi connectivity index (χ4v) is 2.30. The third-order valence-electron chi connectivity index (χ3n) is 3.32. The second kappa shape index (κ2) is 5.87. The van der Waals surface area contributed by atoms with Crippen LogP contribution in [0, 0.1) is 5.82 Å². The van der Waals surface area contributed by atoms with Crippen molar-refractivity contribution in [1.29, 1.82) is 0 Å². The van der Waals surface area contributed by atoms with Crippen LogP contribution < -0.4 is 5.32 Å². The molecule has 0 atom stereocenters. The number of hydrogen-bond acceptors (Lipinski definition) is 3. The standard InChI is InChI=1S/C17H16FN3/c1-2-10-19-16-9-11-20-17(21-16)14-7-8-15(18)13-6-4-3-5-12(13)14/h3-9,11H,2,10H2,1H3,(H,19,20,21). The van der Waals surface area contributed by atoms with E-state index in [0.717, 1.165) is 29.7 Å². The molecule has 3 nitrogen and oxygen atoms in total. The molecule has 0 fully saturated rings. The summed E-state index contributed by atoms with van der Waals surface area (Å²) in [7, 11) is 0. The van der Waals surface area contributed by atoms with E-state index in [9.17, 15) is 4.39 Å². The number of benzene rings is 2. The van der Waals surface area contributed by atoms with Gasteiger partial charge in [-0.2, -0.15) is 0 Å². The highest BCUT2D eigenvalue weighted by atomic mass is 19.1. The number of fused-ring (bicyclic) bond motifs is 1. The smallest absolute Gasteiger partial charge is 0.162 e. The lowest BCUT2D eigenvalue weighted by molar-refractivity contribution is 0.640. The molecule has 0 amide bonds. The third kappa shape index (κ3) is 2.70. The molecule has 1 heterocycles. The Morgan fingerprint density at radius 2 is 1.86 bits per heavy atom. The van der Waals surface area contributed by atoms with E-state index >= 15 is 0 Å². The minimum absolute atomic E-state index is 0.227. The summed E-state index contributed by atoms with van der Waals surface area (Å²) in [5, 5.41) is 4.65. The van der Waals surface area contributed by atoms with Crippen LogP contribution in [0.15, 0.2) is 48.7 Å². The number of nitrogens with one attached hydrogen (secondary N) is 1. The number of halogens is 1. The Hall–Kier alpha value is -2.49. The molecule has 0 saturated carbocycles. The lowest BCUT2D eigenvalue weighted by atomic mass is 10.0. The molecule has 106 valence electrons. The molecule has 0 bridgehead atoms. The van der Waals surface area contributed by atoms with Gasteiger partial charge in [0.05, 0.1) is 0 Å². The molecule has 0 saturated heterocycles. The first kappa shape index (κ1) is 13.5. The van der Waals surface area contributed by atoms with Gasteiger partial charge in [0.25, 0.3) is 0 Å². The van der Waals surface area contributed by atoms with Crippen LogP contribution in [-0.2, 0) is 0 Å². The summed E-state index contributed by atoms with van der Waals surface area (Å²) in [4.78, 5) is 8.84. The zero-order chi connectivity index (χ0) is 14.7. The van der Waals surface area contributed by atoms with Gasteiger partial charge in [0.15, 0.2) is 5.82 Å². The van der Waals surface area contributed by atoms with Gasteiger partial charge in [-0.3, -0.25) is 0 Å². The second-order valence-electron chi connectivity index (χ2n) is 4.83. The summed E-state index contributed by atoms with van der Waals surface area (Å²) in [5.41, 5.74) is 0.840. The Morgan fingerprint density at radius 3 is 2.67 bits per heavy atom. The monoisotopic (exact) mass is 281 g/mol. The van der Waals surface area contributed by atoms with E-state index in [1.165, 1.54) is 6.07 Å². The van der Waals surface area contributed by atoms with E-state index in [1.807, 2.05) is 24.3 Å². The molecule has 0 spiro atoms. The normalized spacial score (nSPS) is 10.8. The van der Waals surface area contributed by atoms with E-state index in [2.05, 4.69) is 22.2 Å². The maximum absolute atomic E-state index is 13.9. The summed E-state index contributed by atoms with van der Waals surface area (Å²) in [6, 6.07) is 12.4. The third-order valence-corrected chi connectivity index (χ3v) is 3.32. The second-order valence-corrected chi connectivity index (χ2v) is 4.83. The van der Waals surface area contributed by atoms with E-state index in [1.54, 1.807) is 18.3 Å². The largest absolute Gasteiger partial charge is 0.370 e. The van der Waals surface area contributed by atoms with Crippen LogP contribution >= 0.6 is 0 Å². The average molecular weight is 281 g/mol. The summed E-state index contributed by atoms with van der Waals surface area (Å²) in [5.74, 6) is 1.16. The van der Waals surface area contributed by atoms with Gasteiger partial charge in [-0.05, 0) is 30.0 Å². The van der Waals surface area contributed by atoms with Crippen LogP contribution in [0.4, 0.5) is 10.2 Å². The number of anilines is 1. The fraction of sp³-hybridized carbons (Fsp3) is 0.176. The highest BCUT2D eigenvalue weighted by Gasteiger charge is 2.09. The maximum atomic E-state index is 13.9. The van der Waals surface area contributed by atoms with Crippen molar-refractivity contribution in [2.75, 3.05) is 11.9 Å². The molecule has 0 unspecified atom stereocenters. The quantitative estimate of drug-likeness (QED) is 0.776. The van der Waals surface area contributed by atoms with E-state index in [-0.39, 0.29) is 5.82 Å². The van der Waals surface area contributed by atoms with Gasteiger partial charge in [-0.15, -0.1) is 0 Å². The molecule has 2 aromatic carbocycles. The van der Waals surface area contributed by atoms with Crippen molar-refractivity contribution < 1.29 is 4.39 Å². The van der Waals surface area contributed by atoms with E-state index in [4.69, 9.17) is 0 Å². The highest BCUT2D eigenvalue weighted by molar-refractivity contribution is 5.95. The average Bonchev–Trinajstić information content (AvgIpc) is 2.54. The first-order valence-electron chi connectivity index (χ1n) is 7.04. The Kier molecular flexibility index (Phi) is 3.77. The predicted octanol–water partition coefficient (Wildman–Crippen LogP) is 4.26. The van der Waals surface area contributed by atoms with Crippen molar-refractivity contribution in [3.63, 3.8) is 0 Å². The van der Waals surface area contributed by atoms with Gasteiger partial charge in [0.1, 0.15) is 11.6 Å². The van der Waals surface area contributed by atoms with Gasteiger partial charge in [-0.1, -0.05) is 31.2 Å². The molecule has 1 aromatic heterocycles. The van der Waals surface area contributed by atoms with Crippen molar-refractivity contribution in [1.82, 2.24) is 9.97 Å². The minimum Gasteiger partial charge on any atom is -0.370 e. The lowest BCUT2D eigenvalue weighted by Gasteiger charge is -2.08. The summed E-state index contributed by atoms with van der Waals surface area (Å²) >= 11 is 0. The Labute approximate surface area is 122 Å². The van der Waals surface area contributed by atoms with Crippen LogP contribution in [0.5, 0.6) is 0 Å². The van der Waals surface area contributed by atoms with Crippen molar-refractivity contribution in [3.8, 4) is 11.4 Å². The van der Waals surface area contributed by atoms with Crippen LogP contribution in [0.3, 0.4) is 0 Å². The predicted molar refractivity (Wildman–Crippen MR) is 83.7 cm³/mol. The molecular formula is C17H16FN3. The minimum atomic E-state index is -0.227. The molecule has 3 rings (SSSR count). The van der Waals surface area contributed by atoms with Gasteiger partial charge in [0.2, 0.25) is 0 Å². The van der Waals surface area contributed by atoms with Gasteiger partial charge in [-0.25, -0.2) is 14.4 Å². The number of nitrogens with zero attached hydrogens (tertiary/aromatic N) is 2. The van der Waals surface area contributed by atoms with E-state index < -0.39 is 0 Å². The lowest BCUT2D eigenvalue weighted by Crippen LogP contribution is -2.03. The SMILES string of the molecule is CCCNc1ccnc(-c2ccc(F)c3ccccc23)n1. The van der Waals surface area contributed by atoms with Crippen LogP contribution in [0.1, 0.15) is 13.3 Å². The van der Waals surface area contributed by atoms with Crippen molar-refractivity contribution in [2.24, 2.45) is 0 Å². The molecular weight excluding hydrogens is 265 g/mol. The molecule has 21 heavy (non-hydrogen) atoms. The molecule has 3 aromatic rings. The Balaban J connectivity index is 2.10. The molecule has 0 aliphatic carbocycles. The number of rotatable bonds is 4. The maximum Gasteiger partial charge on any atom is 0.162 e. The zero-order valence-corrected chi connectivity index (χ0v) is 11.8. The van der Waals surface area contributed by atoms with E-state index in [0.29, 0.717) is 11.2 Å². The first-order valence-corrected chi connectivity index (χ1v) is 7.04. The van der Waals surface area contributed by atoms with Crippen molar-refractivity contribution in [2.45, 2.75) is 13.3 Å². The Morgan fingerprint density at radius 1 is 1.05 bits per heavy atom. The molecule has 0 radical (unpaired) electrons. The van der Waals surface area contributed by atoms with Crippen molar-refractivity contribution in [3.05, 3.63) is 54.5 Å². The molecule has 1 N–H and O–H groups in total. The summed E-state index contributed by atoms with van der Waals surface area (Å²) < 4.78 is 13.9.